The molecule has 0 saturated heterocycles. The molecule has 0 aliphatic carbocycles. The maximum atomic E-state index is 10.7. The van der Waals surface area contributed by atoms with E-state index in [1.165, 1.54) is 11.3 Å². The van der Waals surface area contributed by atoms with Crippen LogP contribution in [0.4, 0.5) is 5.69 Å². The van der Waals surface area contributed by atoms with Gasteiger partial charge in [-0.1, -0.05) is 18.2 Å². The highest BCUT2D eigenvalue weighted by Gasteiger charge is 2.23. The van der Waals surface area contributed by atoms with E-state index in [0.29, 0.717) is 5.96 Å². The number of aliphatic imine (C=N–C) groups is 1. The van der Waals surface area contributed by atoms with Crippen LogP contribution >= 0.6 is 35.3 Å². The molecule has 2 rings (SSSR count). The van der Waals surface area contributed by atoms with Gasteiger partial charge in [-0.15, -0.1) is 35.3 Å². The molecule has 0 saturated carbocycles. The standard InChI is InChI=1S/C20H28N4O3S.HI/c1-3-21-19(23-15-20(2,25)18-8-6-14-28-18)22-13-5-4-7-16-9-11-17(12-10-16)24(26)27;/h6,8-12,14,25H,3-5,7,13,15H2,1-2H3,(H2,21,22,23);1H. The maximum absolute atomic E-state index is 10.7. The van der Waals surface area contributed by atoms with Gasteiger partial charge in [0.2, 0.25) is 0 Å². The third kappa shape index (κ3) is 8.67. The summed E-state index contributed by atoms with van der Waals surface area (Å²) >= 11 is 1.52. The lowest BCUT2D eigenvalue weighted by Gasteiger charge is -2.20. The van der Waals surface area contributed by atoms with E-state index in [2.05, 4.69) is 15.6 Å². The van der Waals surface area contributed by atoms with Gasteiger partial charge < -0.3 is 15.7 Å². The Kier molecular flexibility index (Phi) is 11.1. The molecule has 3 N–H and O–H groups in total. The topological polar surface area (TPSA) is 99.8 Å². The van der Waals surface area contributed by atoms with Crippen molar-refractivity contribution in [2.45, 2.75) is 38.7 Å². The Bertz CT molecular complexity index is 765. The van der Waals surface area contributed by atoms with Gasteiger partial charge in [-0.05, 0) is 50.1 Å². The summed E-state index contributed by atoms with van der Waals surface area (Å²) < 4.78 is 0. The first-order valence-electron chi connectivity index (χ1n) is 9.44. The number of guanidine groups is 1. The summed E-state index contributed by atoms with van der Waals surface area (Å²) in [7, 11) is 0. The van der Waals surface area contributed by atoms with Crippen molar-refractivity contribution in [1.29, 1.82) is 0 Å². The van der Waals surface area contributed by atoms with Crippen LogP contribution in [0.25, 0.3) is 0 Å². The number of thiophene rings is 1. The third-order valence-corrected chi connectivity index (χ3v) is 5.40. The van der Waals surface area contributed by atoms with Crippen LogP contribution in [0.3, 0.4) is 0 Å². The minimum atomic E-state index is -0.980. The molecule has 1 aromatic carbocycles. The van der Waals surface area contributed by atoms with Gasteiger partial charge in [-0.25, -0.2) is 4.99 Å². The van der Waals surface area contributed by atoms with Gasteiger partial charge >= 0.3 is 0 Å². The molecule has 29 heavy (non-hydrogen) atoms. The summed E-state index contributed by atoms with van der Waals surface area (Å²) in [5.41, 5.74) is 0.236. The SMILES string of the molecule is CCNC(=NCC(C)(O)c1cccs1)NCCCCc1ccc([N+](=O)[O-])cc1.I. The lowest BCUT2D eigenvalue weighted by Crippen LogP contribution is -2.39. The number of hydrogen-bond acceptors (Lipinski definition) is 5. The second-order valence-corrected chi connectivity index (χ2v) is 7.70. The number of nitrogens with one attached hydrogen (secondary N) is 2. The molecule has 1 unspecified atom stereocenters. The monoisotopic (exact) mass is 532 g/mol. The van der Waals surface area contributed by atoms with Crippen molar-refractivity contribution in [3.63, 3.8) is 0 Å². The van der Waals surface area contributed by atoms with Crippen LogP contribution in [0, 0.1) is 10.1 Å². The number of halogens is 1. The second-order valence-electron chi connectivity index (χ2n) is 6.75. The Labute approximate surface area is 192 Å². The van der Waals surface area contributed by atoms with Crippen molar-refractivity contribution in [2.75, 3.05) is 19.6 Å². The van der Waals surface area contributed by atoms with Gasteiger partial charge in [-0.2, -0.15) is 0 Å². The van der Waals surface area contributed by atoms with Crippen LogP contribution in [0.5, 0.6) is 0 Å². The van der Waals surface area contributed by atoms with E-state index < -0.39 is 5.60 Å². The average Bonchev–Trinajstić information content (AvgIpc) is 3.22. The van der Waals surface area contributed by atoms with E-state index in [1.807, 2.05) is 36.6 Å². The number of aliphatic hydroxyl groups is 1. The molecule has 0 spiro atoms. The number of unbranched alkanes of at least 4 members (excludes halogenated alkanes) is 1. The van der Waals surface area contributed by atoms with Gasteiger partial charge in [0, 0.05) is 30.1 Å². The molecule has 9 heteroatoms. The Morgan fingerprint density at radius 3 is 2.55 bits per heavy atom. The predicted molar refractivity (Wildman–Crippen MR) is 129 cm³/mol. The largest absolute Gasteiger partial charge is 0.383 e. The molecule has 160 valence electrons. The molecule has 1 aromatic heterocycles. The van der Waals surface area contributed by atoms with Crippen molar-refractivity contribution in [3.8, 4) is 0 Å². The van der Waals surface area contributed by atoms with Crippen LogP contribution in [-0.2, 0) is 12.0 Å². The highest BCUT2D eigenvalue weighted by molar-refractivity contribution is 14.0. The lowest BCUT2D eigenvalue weighted by atomic mass is 10.1. The Balaban J connectivity index is 0.00000420. The van der Waals surface area contributed by atoms with Crippen LogP contribution in [-0.4, -0.2) is 35.6 Å². The van der Waals surface area contributed by atoms with E-state index in [9.17, 15) is 15.2 Å². The van der Waals surface area contributed by atoms with E-state index in [0.717, 1.165) is 42.8 Å². The van der Waals surface area contributed by atoms with Gasteiger partial charge in [0.25, 0.3) is 5.69 Å². The summed E-state index contributed by atoms with van der Waals surface area (Å²) in [4.78, 5) is 15.7. The zero-order valence-electron chi connectivity index (χ0n) is 16.8. The first-order chi connectivity index (χ1) is 13.4. The number of nitro groups is 1. The summed E-state index contributed by atoms with van der Waals surface area (Å²) in [6, 6.07) is 10.5. The van der Waals surface area contributed by atoms with Gasteiger partial charge in [0.05, 0.1) is 11.5 Å². The number of benzene rings is 1. The van der Waals surface area contributed by atoms with E-state index in [-0.39, 0.29) is 41.1 Å². The smallest absolute Gasteiger partial charge is 0.269 e. The molecule has 0 fully saturated rings. The molecular formula is C20H29IN4O3S. The van der Waals surface area contributed by atoms with Crippen LogP contribution in [0.1, 0.15) is 37.1 Å². The zero-order chi connectivity index (χ0) is 20.4. The molecule has 0 bridgehead atoms. The molecule has 0 amide bonds. The number of nitrogens with zero attached hydrogens (tertiary/aromatic N) is 2. The molecule has 1 atom stereocenters. The van der Waals surface area contributed by atoms with Gasteiger partial charge in [0.1, 0.15) is 5.60 Å². The zero-order valence-corrected chi connectivity index (χ0v) is 19.9. The Morgan fingerprint density at radius 2 is 1.97 bits per heavy atom. The highest BCUT2D eigenvalue weighted by atomic mass is 127. The molecule has 1 heterocycles. The normalized spacial score (nSPS) is 13.3. The minimum absolute atomic E-state index is 0. The minimum Gasteiger partial charge on any atom is -0.383 e. The molecule has 0 aliphatic heterocycles. The van der Waals surface area contributed by atoms with Crippen LogP contribution in [0.15, 0.2) is 46.8 Å². The summed E-state index contributed by atoms with van der Waals surface area (Å²) in [6.45, 7) is 5.57. The molecule has 2 aromatic rings. The fourth-order valence-electron chi connectivity index (χ4n) is 2.68. The van der Waals surface area contributed by atoms with Crippen LogP contribution in [0.2, 0.25) is 0 Å². The second kappa shape index (κ2) is 12.8. The molecule has 7 nitrogen and oxygen atoms in total. The highest BCUT2D eigenvalue weighted by Crippen LogP contribution is 2.25. The van der Waals surface area contributed by atoms with E-state index >= 15 is 0 Å². The quantitative estimate of drug-likeness (QED) is 0.107. The average molecular weight is 532 g/mol. The first kappa shape index (κ1) is 25.3. The molecule has 0 aliphatic rings. The summed E-state index contributed by atoms with van der Waals surface area (Å²) in [5, 5.41) is 29.7. The lowest BCUT2D eigenvalue weighted by molar-refractivity contribution is -0.384. The Morgan fingerprint density at radius 1 is 1.24 bits per heavy atom. The Hall–Kier alpha value is -1.72. The third-order valence-electron chi connectivity index (χ3n) is 4.27. The van der Waals surface area contributed by atoms with Gasteiger partial charge in [0.15, 0.2) is 5.96 Å². The number of nitro benzene ring substituents is 1. The molecular weight excluding hydrogens is 503 g/mol. The number of hydrogen-bond donors (Lipinski definition) is 3. The van der Waals surface area contributed by atoms with Crippen molar-refractivity contribution in [3.05, 3.63) is 62.3 Å². The number of aryl methyl sites for hydroxylation is 1. The number of non-ortho nitro benzene ring substituents is 1. The van der Waals surface area contributed by atoms with Gasteiger partial charge in [-0.3, -0.25) is 10.1 Å². The van der Waals surface area contributed by atoms with E-state index in [4.69, 9.17) is 0 Å². The fraction of sp³-hybridized carbons (Fsp3) is 0.450. The fourth-order valence-corrected chi connectivity index (χ4v) is 3.46. The maximum Gasteiger partial charge on any atom is 0.269 e. The van der Waals surface area contributed by atoms with Crippen molar-refractivity contribution in [2.24, 2.45) is 4.99 Å². The summed E-state index contributed by atoms with van der Waals surface area (Å²) in [6.07, 6.45) is 2.79. The van der Waals surface area contributed by atoms with Crippen LogP contribution < -0.4 is 10.6 Å². The predicted octanol–water partition coefficient (Wildman–Crippen LogP) is 4.06. The first-order valence-corrected chi connectivity index (χ1v) is 10.3. The number of rotatable bonds is 10. The molecule has 0 radical (unpaired) electrons. The van der Waals surface area contributed by atoms with Crippen molar-refractivity contribution in [1.82, 2.24) is 10.6 Å². The van der Waals surface area contributed by atoms with E-state index in [1.54, 1.807) is 19.1 Å². The van der Waals surface area contributed by atoms with Crippen molar-refractivity contribution < 1.29 is 10.0 Å². The summed E-state index contributed by atoms with van der Waals surface area (Å²) in [5.74, 6) is 0.690. The van der Waals surface area contributed by atoms with Crippen molar-refractivity contribution >= 4 is 47.0 Å².